The van der Waals surface area contributed by atoms with E-state index in [4.69, 9.17) is 19.6 Å². The van der Waals surface area contributed by atoms with E-state index in [1.807, 2.05) is 0 Å². The summed E-state index contributed by atoms with van der Waals surface area (Å²) in [6, 6.07) is 0. The number of nitrogens with zero attached hydrogens (tertiary/aromatic N) is 4. The first kappa shape index (κ1) is 27.2. The van der Waals surface area contributed by atoms with E-state index >= 15 is 0 Å². The van der Waals surface area contributed by atoms with Gasteiger partial charge in [-0.05, 0) is 52.6 Å². The van der Waals surface area contributed by atoms with Crippen molar-refractivity contribution in [1.82, 2.24) is 8.46 Å². The van der Waals surface area contributed by atoms with Crippen LogP contribution in [-0.2, 0) is 0 Å². The van der Waals surface area contributed by atoms with Crippen LogP contribution in [0.5, 0.6) is 0 Å². The maximum absolute atomic E-state index is 5.43. The molecule has 154 valence electrons. The summed E-state index contributed by atoms with van der Waals surface area (Å²) < 4.78 is 5.52. The molecule has 0 aromatic rings. The summed E-state index contributed by atoms with van der Waals surface area (Å²) in [6.45, 7) is 32.2. The van der Waals surface area contributed by atoms with Crippen molar-refractivity contribution >= 4 is 44.4 Å². The molecule has 0 aromatic carbocycles. The Morgan fingerprint density at radius 2 is 0.769 bits per heavy atom. The number of halogens is 1. The molecule has 0 aromatic heterocycles. The molecule has 0 unspecified atom stereocenters. The van der Waals surface area contributed by atoms with Gasteiger partial charge in [0.2, 0.25) is 0 Å². The fraction of sp³-hybridized carbons (Fsp3) is 1.00. The van der Waals surface area contributed by atoms with Crippen LogP contribution in [0.4, 0.5) is 0 Å². The van der Waals surface area contributed by atoms with Gasteiger partial charge in [-0.15, -0.1) is 11.1 Å². The molecule has 0 saturated carbocycles. The molecule has 0 bridgehead atoms. The van der Waals surface area contributed by atoms with Gasteiger partial charge in [0.05, 0.1) is 17.1 Å². The van der Waals surface area contributed by atoms with Crippen LogP contribution in [0.1, 0.15) is 83.1 Å². The van der Waals surface area contributed by atoms with E-state index in [1.54, 1.807) is 0 Å². The van der Waals surface area contributed by atoms with E-state index in [0.717, 1.165) is 17.6 Å². The monoisotopic (exact) mass is 474 g/mol. The molecule has 8 heteroatoms. The maximum atomic E-state index is 5.43. The molecule has 0 spiro atoms. The van der Waals surface area contributed by atoms with Crippen molar-refractivity contribution in [2.24, 2.45) is 0 Å². The zero-order valence-corrected chi connectivity index (χ0v) is 24.9. The fourth-order valence-corrected chi connectivity index (χ4v) is 21.0. The summed E-state index contributed by atoms with van der Waals surface area (Å²) in [5.74, 6) is 0. The molecule has 1 rings (SSSR count). The second-order valence-corrected chi connectivity index (χ2v) is 18.5. The molecule has 0 N–H and O–H groups in total. The normalized spacial score (nSPS) is 29.0. The van der Waals surface area contributed by atoms with Gasteiger partial charge >= 0.3 is 27.2 Å². The molecule has 0 amide bonds. The second kappa shape index (κ2) is 8.14. The molecular weight excluding hydrogens is 434 g/mol. The predicted octanol–water partition coefficient (Wildman–Crippen LogP) is 5.99. The van der Waals surface area contributed by atoms with E-state index < -0.39 is 17.1 Å². The summed E-state index contributed by atoms with van der Waals surface area (Å²) in [5.41, 5.74) is 0.0806. The zero-order valence-electron chi connectivity index (χ0n) is 19.7. The van der Waals surface area contributed by atoms with Crippen molar-refractivity contribution < 1.29 is 0 Å². The van der Waals surface area contributed by atoms with Gasteiger partial charge in [0.1, 0.15) is 0 Å². The molecular formula is C18H42ClGaN4Si2-2. The third kappa shape index (κ3) is 6.10. The van der Waals surface area contributed by atoms with Gasteiger partial charge in [-0.25, -0.2) is 0 Å². The number of rotatable bonds is 2. The Kier molecular flexibility index (Phi) is 8.52. The molecule has 4 nitrogen and oxygen atoms in total. The van der Waals surface area contributed by atoms with Crippen LogP contribution in [0.3, 0.4) is 0 Å². The molecule has 2 radical (unpaired) electrons. The van der Waals surface area contributed by atoms with Crippen LogP contribution in [0.25, 0.3) is 9.96 Å². The molecule has 0 aliphatic carbocycles. The third-order valence-corrected chi connectivity index (χ3v) is 17.5. The van der Waals surface area contributed by atoms with Gasteiger partial charge < -0.3 is 18.4 Å². The van der Waals surface area contributed by atoms with Gasteiger partial charge in [-0.1, -0.05) is 54.6 Å². The molecule has 1 aliphatic heterocycles. The first-order valence-corrected chi connectivity index (χ1v) is 17.3. The summed E-state index contributed by atoms with van der Waals surface area (Å²) in [5, 5.41) is 0. The summed E-state index contributed by atoms with van der Waals surface area (Å²) >= 11 is 1.16. The Balaban J connectivity index is 0.00000301. The van der Waals surface area contributed by atoms with E-state index in [2.05, 4.69) is 105 Å². The third-order valence-electron chi connectivity index (χ3n) is 4.13. The van der Waals surface area contributed by atoms with Gasteiger partial charge in [-0.3, -0.25) is 0 Å². The van der Waals surface area contributed by atoms with Crippen LogP contribution in [0.15, 0.2) is 0 Å². The van der Waals surface area contributed by atoms with Gasteiger partial charge in [0, 0.05) is 0 Å². The Hall–Kier alpha value is 1.20. The second-order valence-electron chi connectivity index (χ2n) is 11.5. The molecule has 1 saturated heterocycles. The Labute approximate surface area is 180 Å². The summed E-state index contributed by atoms with van der Waals surface area (Å²) in [6.07, 6.45) is 0. The number of hydrogen-bond acceptors (Lipinski definition) is 2. The average Bonchev–Trinajstić information content (AvgIpc) is 2.19. The van der Waals surface area contributed by atoms with Crippen molar-refractivity contribution in [1.29, 1.82) is 0 Å². The molecule has 1 aliphatic rings. The van der Waals surface area contributed by atoms with E-state index in [1.165, 1.54) is 0 Å². The number of hydrogen-bond donors (Lipinski definition) is 0. The van der Waals surface area contributed by atoms with E-state index in [-0.39, 0.29) is 22.2 Å². The predicted molar refractivity (Wildman–Crippen MR) is 124 cm³/mol. The van der Waals surface area contributed by atoms with Crippen molar-refractivity contribution in [3.63, 3.8) is 0 Å². The van der Waals surface area contributed by atoms with Crippen LogP contribution in [-0.4, -0.2) is 65.3 Å². The van der Waals surface area contributed by atoms with Crippen molar-refractivity contribution in [3.05, 3.63) is 9.96 Å². The minimum atomic E-state index is -2.14. The van der Waals surface area contributed by atoms with E-state index in [9.17, 15) is 0 Å². The first-order chi connectivity index (χ1) is 11.1. The topological polar surface area (TPSA) is 34.7 Å². The summed E-state index contributed by atoms with van der Waals surface area (Å²) in [7, 11) is 0.427. The van der Waals surface area contributed by atoms with Crippen molar-refractivity contribution in [2.45, 2.75) is 118 Å². The average molecular weight is 476 g/mol. The standard InChI is InChI=1S/C18H42N4Si2.ClH.Ga/c1-15(2,3)19-23(13)21(17(7,8)9)24(14,20-16(4,5)6)22(23)18(10,11)12;;/h1-14H3;1H;/q-2;;+1/p-1. The molecule has 1 fully saturated rings. The van der Waals surface area contributed by atoms with Crippen LogP contribution < -0.4 is 0 Å². The Morgan fingerprint density at radius 1 is 0.577 bits per heavy atom. The summed E-state index contributed by atoms with van der Waals surface area (Å²) in [4.78, 5) is 10.9. The van der Waals surface area contributed by atoms with Crippen molar-refractivity contribution in [2.75, 3.05) is 0 Å². The zero-order chi connectivity index (χ0) is 21.6. The Bertz CT molecular complexity index is 424. The van der Waals surface area contributed by atoms with E-state index in [0.29, 0.717) is 0 Å². The van der Waals surface area contributed by atoms with Crippen molar-refractivity contribution in [3.8, 4) is 0 Å². The van der Waals surface area contributed by atoms with Crippen LogP contribution in [0, 0.1) is 0 Å². The molecule has 1 heterocycles. The van der Waals surface area contributed by atoms with Crippen LogP contribution >= 0.6 is 9.64 Å². The van der Waals surface area contributed by atoms with Gasteiger partial charge in [0.25, 0.3) is 0 Å². The Morgan fingerprint density at radius 3 is 0.885 bits per heavy atom. The molecule has 0 atom stereocenters. The minimum absolute atomic E-state index is 0.0363. The van der Waals surface area contributed by atoms with Gasteiger partial charge in [0.15, 0.2) is 0 Å². The quantitative estimate of drug-likeness (QED) is 0.460. The van der Waals surface area contributed by atoms with Gasteiger partial charge in [-0.2, -0.15) is 0 Å². The molecule has 26 heavy (non-hydrogen) atoms. The van der Waals surface area contributed by atoms with Crippen LogP contribution in [0.2, 0.25) is 13.1 Å². The first-order valence-electron chi connectivity index (χ1n) is 9.45. The fourth-order valence-electron chi connectivity index (χ4n) is 4.97. The SMILES string of the molecule is CC(C)(C)[N-][Si]1(C)N(C(C)(C)C)[Si](C)([N-]C(C)(C)C)N1C(C)(C)C.[Cl][Ga].